The first-order valence-electron chi connectivity index (χ1n) is 5.08. The molecule has 0 radical (unpaired) electrons. The molecule has 90 valence electrons. The number of rotatable bonds is 2. The Bertz CT molecular complexity index is 604. The van der Waals surface area contributed by atoms with Gasteiger partial charge < -0.3 is 9.67 Å². The third kappa shape index (κ3) is 1.76. The van der Waals surface area contributed by atoms with E-state index in [-0.39, 0.29) is 5.28 Å². The van der Waals surface area contributed by atoms with E-state index in [1.165, 1.54) is 0 Å². The normalized spacial score (nSPS) is 12.0. The molecule has 0 bridgehead atoms. The van der Waals surface area contributed by atoms with Crippen molar-refractivity contribution in [3.05, 3.63) is 23.2 Å². The number of fused-ring (bicyclic) bond motifs is 1. The van der Waals surface area contributed by atoms with E-state index >= 15 is 0 Å². The molecule has 0 spiro atoms. The van der Waals surface area contributed by atoms with Crippen molar-refractivity contribution in [1.82, 2.24) is 14.5 Å². The van der Waals surface area contributed by atoms with Crippen LogP contribution in [0.25, 0.3) is 11.0 Å². The first-order valence-corrected chi connectivity index (χ1v) is 5.46. The molecule has 2 rings (SSSR count). The number of carboxylic acid groups (broad SMARTS) is 1. The first-order chi connectivity index (χ1) is 7.84. The Morgan fingerprint density at radius 2 is 2.18 bits per heavy atom. The Hall–Kier alpha value is -1.62. The smallest absolute Gasteiger partial charge is 0.329 e. The number of nitrogens with zero attached hydrogens (tertiary/aromatic N) is 3. The largest absolute Gasteiger partial charge is 0.480 e. The highest BCUT2D eigenvalue weighted by Gasteiger charge is 2.31. The van der Waals surface area contributed by atoms with Gasteiger partial charge in [-0.2, -0.15) is 4.98 Å². The fourth-order valence-corrected chi connectivity index (χ4v) is 1.80. The second kappa shape index (κ2) is 3.70. The number of aromatic nitrogens is 3. The predicted octanol–water partition coefficient (Wildman–Crippen LogP) is 2.21. The summed E-state index contributed by atoms with van der Waals surface area (Å²) >= 11 is 5.75. The Morgan fingerprint density at radius 3 is 2.76 bits per heavy atom. The molecule has 0 amide bonds. The summed E-state index contributed by atoms with van der Waals surface area (Å²) in [6, 6.07) is 0. The molecule has 6 heteroatoms. The van der Waals surface area contributed by atoms with Crippen LogP contribution in [0, 0.1) is 6.92 Å². The SMILES string of the molecule is Cc1cn(C(C)(C)C(=O)O)c2nc(Cl)ncc12. The van der Waals surface area contributed by atoms with E-state index in [4.69, 9.17) is 11.6 Å². The van der Waals surface area contributed by atoms with Crippen LogP contribution in [-0.2, 0) is 10.3 Å². The molecule has 0 unspecified atom stereocenters. The van der Waals surface area contributed by atoms with Crippen molar-refractivity contribution in [2.45, 2.75) is 26.3 Å². The average molecular weight is 254 g/mol. The van der Waals surface area contributed by atoms with Gasteiger partial charge >= 0.3 is 5.97 Å². The Morgan fingerprint density at radius 1 is 1.53 bits per heavy atom. The van der Waals surface area contributed by atoms with Gasteiger partial charge in [-0.1, -0.05) is 0 Å². The molecule has 0 atom stereocenters. The first kappa shape index (κ1) is 11.9. The van der Waals surface area contributed by atoms with Gasteiger partial charge in [-0.05, 0) is 37.9 Å². The van der Waals surface area contributed by atoms with Crippen molar-refractivity contribution in [3.63, 3.8) is 0 Å². The lowest BCUT2D eigenvalue weighted by molar-refractivity contribution is -0.145. The highest BCUT2D eigenvalue weighted by molar-refractivity contribution is 6.28. The van der Waals surface area contributed by atoms with Crippen LogP contribution in [0.15, 0.2) is 12.4 Å². The summed E-state index contributed by atoms with van der Waals surface area (Å²) in [7, 11) is 0. The highest BCUT2D eigenvalue weighted by Crippen LogP contribution is 2.26. The van der Waals surface area contributed by atoms with Crippen LogP contribution >= 0.6 is 11.6 Å². The van der Waals surface area contributed by atoms with E-state index < -0.39 is 11.5 Å². The van der Waals surface area contributed by atoms with E-state index in [0.29, 0.717) is 5.65 Å². The van der Waals surface area contributed by atoms with Crippen LogP contribution in [0.1, 0.15) is 19.4 Å². The van der Waals surface area contributed by atoms with Crippen LogP contribution in [0.3, 0.4) is 0 Å². The number of aliphatic carboxylic acids is 1. The fraction of sp³-hybridized carbons (Fsp3) is 0.364. The van der Waals surface area contributed by atoms with Gasteiger partial charge in [0.25, 0.3) is 0 Å². The van der Waals surface area contributed by atoms with Gasteiger partial charge in [0.2, 0.25) is 5.28 Å². The molecule has 0 saturated carbocycles. The van der Waals surface area contributed by atoms with Gasteiger partial charge in [-0.25, -0.2) is 9.78 Å². The van der Waals surface area contributed by atoms with Crippen molar-refractivity contribution in [2.75, 3.05) is 0 Å². The average Bonchev–Trinajstić information content (AvgIpc) is 2.56. The van der Waals surface area contributed by atoms with Gasteiger partial charge in [0.05, 0.1) is 0 Å². The second-order valence-electron chi connectivity index (χ2n) is 4.42. The summed E-state index contributed by atoms with van der Waals surface area (Å²) in [6.07, 6.45) is 3.36. The molecular formula is C11H12ClN3O2. The molecule has 2 aromatic heterocycles. The Balaban J connectivity index is 2.79. The number of carboxylic acids is 1. The number of hydrogen-bond donors (Lipinski definition) is 1. The summed E-state index contributed by atoms with van der Waals surface area (Å²) in [5, 5.41) is 10.2. The summed E-state index contributed by atoms with van der Waals surface area (Å²) in [5.41, 5.74) is 0.380. The van der Waals surface area contributed by atoms with E-state index in [1.54, 1.807) is 30.8 Å². The molecule has 5 nitrogen and oxygen atoms in total. The zero-order chi connectivity index (χ0) is 12.8. The number of hydrogen-bond acceptors (Lipinski definition) is 3. The van der Waals surface area contributed by atoms with Crippen LogP contribution in [0.4, 0.5) is 0 Å². The van der Waals surface area contributed by atoms with E-state index in [1.807, 2.05) is 6.92 Å². The zero-order valence-corrected chi connectivity index (χ0v) is 10.5. The van der Waals surface area contributed by atoms with Gasteiger partial charge in [-0.15, -0.1) is 0 Å². The molecule has 0 aliphatic carbocycles. The molecular weight excluding hydrogens is 242 g/mol. The Labute approximate surface area is 103 Å². The van der Waals surface area contributed by atoms with Crippen molar-refractivity contribution in [2.24, 2.45) is 0 Å². The maximum absolute atomic E-state index is 11.3. The minimum Gasteiger partial charge on any atom is -0.480 e. The summed E-state index contributed by atoms with van der Waals surface area (Å²) in [4.78, 5) is 19.3. The molecule has 17 heavy (non-hydrogen) atoms. The van der Waals surface area contributed by atoms with E-state index in [9.17, 15) is 9.90 Å². The molecule has 2 aromatic rings. The predicted molar refractivity (Wildman–Crippen MR) is 64.2 cm³/mol. The lowest BCUT2D eigenvalue weighted by atomic mass is 10.1. The van der Waals surface area contributed by atoms with Crippen molar-refractivity contribution < 1.29 is 9.90 Å². The van der Waals surface area contributed by atoms with Crippen LogP contribution in [-0.4, -0.2) is 25.6 Å². The molecule has 0 aliphatic rings. The molecule has 0 saturated heterocycles. The monoisotopic (exact) mass is 253 g/mol. The minimum absolute atomic E-state index is 0.109. The molecule has 1 N–H and O–H groups in total. The van der Waals surface area contributed by atoms with Gasteiger partial charge in [0.15, 0.2) is 0 Å². The standard InChI is InChI=1S/C11H12ClN3O2/c1-6-5-15(11(2,3)9(16)17)8-7(6)4-13-10(12)14-8/h4-5H,1-3H3,(H,16,17). The quantitative estimate of drug-likeness (QED) is 0.834. The van der Waals surface area contributed by atoms with E-state index in [2.05, 4.69) is 9.97 Å². The fourth-order valence-electron chi connectivity index (χ4n) is 1.67. The minimum atomic E-state index is -1.08. The maximum Gasteiger partial charge on any atom is 0.329 e. The molecule has 0 aliphatic heterocycles. The van der Waals surface area contributed by atoms with Crippen molar-refractivity contribution >= 4 is 28.6 Å². The molecule has 0 fully saturated rings. The van der Waals surface area contributed by atoms with Crippen molar-refractivity contribution in [3.8, 4) is 0 Å². The summed E-state index contributed by atoms with van der Waals surface area (Å²) in [6.45, 7) is 5.11. The Kier molecular flexibility index (Phi) is 2.58. The van der Waals surface area contributed by atoms with Crippen LogP contribution in [0.2, 0.25) is 5.28 Å². The van der Waals surface area contributed by atoms with Gasteiger partial charge in [0.1, 0.15) is 11.2 Å². The number of carbonyl (C=O) groups is 1. The lowest BCUT2D eigenvalue weighted by Gasteiger charge is -2.22. The van der Waals surface area contributed by atoms with Gasteiger partial charge in [0, 0.05) is 17.8 Å². The van der Waals surface area contributed by atoms with Crippen LogP contribution in [0.5, 0.6) is 0 Å². The third-order valence-electron chi connectivity index (χ3n) is 2.84. The topological polar surface area (TPSA) is 68.0 Å². The number of aryl methyl sites for hydroxylation is 1. The van der Waals surface area contributed by atoms with Gasteiger partial charge in [-0.3, -0.25) is 0 Å². The van der Waals surface area contributed by atoms with Crippen LogP contribution < -0.4 is 0 Å². The number of halogens is 1. The summed E-state index contributed by atoms with van der Waals surface area (Å²) < 4.78 is 1.60. The van der Waals surface area contributed by atoms with E-state index in [0.717, 1.165) is 10.9 Å². The zero-order valence-electron chi connectivity index (χ0n) is 9.73. The maximum atomic E-state index is 11.3. The highest BCUT2D eigenvalue weighted by atomic mass is 35.5. The molecule has 0 aromatic carbocycles. The second-order valence-corrected chi connectivity index (χ2v) is 4.76. The lowest BCUT2D eigenvalue weighted by Crippen LogP contribution is -2.35. The summed E-state index contributed by atoms with van der Waals surface area (Å²) in [5.74, 6) is -0.927. The molecule has 2 heterocycles. The van der Waals surface area contributed by atoms with Crippen molar-refractivity contribution in [1.29, 1.82) is 0 Å². The third-order valence-corrected chi connectivity index (χ3v) is 3.02.